The summed E-state index contributed by atoms with van der Waals surface area (Å²) < 4.78 is 29.2. The quantitative estimate of drug-likeness (QED) is 0.515. The maximum Gasteiger partial charge on any atom is 0.220 e. The van der Waals surface area contributed by atoms with Crippen LogP contribution in [-0.2, 0) is 24.4 Å². The van der Waals surface area contributed by atoms with Crippen LogP contribution in [0.25, 0.3) is 0 Å². The molecule has 0 bridgehead atoms. The number of amides is 1. The van der Waals surface area contributed by atoms with E-state index in [0.29, 0.717) is 43.2 Å². The van der Waals surface area contributed by atoms with Crippen molar-refractivity contribution in [2.45, 2.75) is 26.0 Å². The van der Waals surface area contributed by atoms with Gasteiger partial charge in [0.1, 0.15) is 18.2 Å². The molecular formula is C25H26FNO4. The number of carbonyl (C=O) groups is 1. The highest BCUT2D eigenvalue weighted by Gasteiger charge is 2.07. The van der Waals surface area contributed by atoms with Gasteiger partial charge in [0, 0.05) is 13.0 Å². The van der Waals surface area contributed by atoms with E-state index in [0.717, 1.165) is 16.7 Å². The van der Waals surface area contributed by atoms with Gasteiger partial charge in [-0.1, -0.05) is 30.3 Å². The Morgan fingerprint density at radius 3 is 2.16 bits per heavy atom. The third-order valence-corrected chi connectivity index (χ3v) is 4.82. The van der Waals surface area contributed by atoms with Gasteiger partial charge in [-0.2, -0.15) is 0 Å². The molecule has 0 saturated heterocycles. The fourth-order valence-electron chi connectivity index (χ4n) is 3.03. The summed E-state index contributed by atoms with van der Waals surface area (Å²) in [6.45, 7) is 0.815. The minimum Gasteiger partial charge on any atom is -0.493 e. The average molecular weight is 423 g/mol. The van der Waals surface area contributed by atoms with Gasteiger partial charge in [-0.25, -0.2) is 4.39 Å². The normalized spacial score (nSPS) is 10.4. The maximum atomic E-state index is 12.9. The molecule has 0 unspecified atom stereocenters. The first-order valence-electron chi connectivity index (χ1n) is 10.0. The van der Waals surface area contributed by atoms with Gasteiger partial charge in [0.05, 0.1) is 14.2 Å². The van der Waals surface area contributed by atoms with Crippen molar-refractivity contribution in [2.75, 3.05) is 14.2 Å². The van der Waals surface area contributed by atoms with Gasteiger partial charge in [0.15, 0.2) is 11.5 Å². The van der Waals surface area contributed by atoms with E-state index in [1.54, 1.807) is 26.4 Å². The zero-order chi connectivity index (χ0) is 22.1. The lowest BCUT2D eigenvalue weighted by atomic mass is 10.1. The molecule has 0 spiro atoms. The van der Waals surface area contributed by atoms with E-state index >= 15 is 0 Å². The lowest BCUT2D eigenvalue weighted by Gasteiger charge is -2.10. The van der Waals surface area contributed by atoms with Crippen molar-refractivity contribution in [3.63, 3.8) is 0 Å². The third-order valence-electron chi connectivity index (χ3n) is 4.82. The molecule has 162 valence electrons. The van der Waals surface area contributed by atoms with Crippen molar-refractivity contribution < 1.29 is 23.4 Å². The summed E-state index contributed by atoms with van der Waals surface area (Å²) in [4.78, 5) is 12.2. The van der Waals surface area contributed by atoms with E-state index in [1.165, 1.54) is 12.1 Å². The SMILES string of the molecule is COc1ccc(CCC(=O)NCc2ccc(OCc3ccc(F)cc3)cc2)cc1OC. The van der Waals surface area contributed by atoms with E-state index in [1.807, 2.05) is 42.5 Å². The van der Waals surface area contributed by atoms with Gasteiger partial charge in [0.25, 0.3) is 0 Å². The summed E-state index contributed by atoms with van der Waals surface area (Å²) in [5, 5.41) is 2.93. The molecule has 31 heavy (non-hydrogen) atoms. The third kappa shape index (κ3) is 6.74. The second-order valence-corrected chi connectivity index (χ2v) is 7.03. The van der Waals surface area contributed by atoms with Crippen LogP contribution in [0.5, 0.6) is 17.2 Å². The summed E-state index contributed by atoms with van der Waals surface area (Å²) in [5.74, 6) is 1.75. The number of hydrogen-bond donors (Lipinski definition) is 1. The van der Waals surface area contributed by atoms with Crippen LogP contribution in [0.15, 0.2) is 66.7 Å². The Morgan fingerprint density at radius 2 is 1.48 bits per heavy atom. The van der Waals surface area contributed by atoms with Gasteiger partial charge in [-0.3, -0.25) is 4.79 Å². The van der Waals surface area contributed by atoms with Crippen molar-refractivity contribution >= 4 is 5.91 Å². The minimum absolute atomic E-state index is 0.0218. The molecule has 5 nitrogen and oxygen atoms in total. The largest absolute Gasteiger partial charge is 0.493 e. The Kier molecular flexibility index (Phi) is 7.87. The van der Waals surface area contributed by atoms with E-state index in [-0.39, 0.29) is 11.7 Å². The van der Waals surface area contributed by atoms with Gasteiger partial charge in [0.2, 0.25) is 5.91 Å². The maximum absolute atomic E-state index is 12.9. The van der Waals surface area contributed by atoms with E-state index in [9.17, 15) is 9.18 Å². The Balaban J connectivity index is 1.42. The predicted molar refractivity (Wildman–Crippen MR) is 117 cm³/mol. The van der Waals surface area contributed by atoms with Gasteiger partial charge in [-0.15, -0.1) is 0 Å². The monoisotopic (exact) mass is 423 g/mol. The Hall–Kier alpha value is -3.54. The number of benzene rings is 3. The Bertz CT molecular complexity index is 987. The van der Waals surface area contributed by atoms with Crippen LogP contribution in [0, 0.1) is 5.82 Å². The topological polar surface area (TPSA) is 56.8 Å². The number of aryl methyl sites for hydroxylation is 1. The summed E-state index contributed by atoms with van der Waals surface area (Å²) >= 11 is 0. The molecule has 0 atom stereocenters. The zero-order valence-electron chi connectivity index (χ0n) is 17.7. The molecule has 1 N–H and O–H groups in total. The van der Waals surface area contributed by atoms with Crippen LogP contribution in [0.2, 0.25) is 0 Å². The van der Waals surface area contributed by atoms with Crippen LogP contribution >= 0.6 is 0 Å². The number of ether oxygens (including phenoxy) is 3. The number of methoxy groups -OCH3 is 2. The standard InChI is InChI=1S/C25H26FNO4/c1-29-23-13-7-18(15-24(23)30-2)8-14-25(28)27-16-19-5-11-22(12-6-19)31-17-20-3-9-21(26)10-4-20/h3-7,9-13,15H,8,14,16-17H2,1-2H3,(H,27,28). The molecular weight excluding hydrogens is 397 g/mol. The van der Waals surface area contributed by atoms with E-state index < -0.39 is 0 Å². The fourth-order valence-corrected chi connectivity index (χ4v) is 3.03. The second kappa shape index (κ2) is 11.0. The molecule has 0 aliphatic carbocycles. The highest BCUT2D eigenvalue weighted by molar-refractivity contribution is 5.76. The Morgan fingerprint density at radius 1 is 0.839 bits per heavy atom. The fraction of sp³-hybridized carbons (Fsp3) is 0.240. The van der Waals surface area contributed by atoms with E-state index in [4.69, 9.17) is 14.2 Å². The van der Waals surface area contributed by atoms with Crippen LogP contribution in [0.4, 0.5) is 4.39 Å². The average Bonchev–Trinajstić information content (AvgIpc) is 2.81. The molecule has 3 aromatic rings. The molecule has 0 aromatic heterocycles. The molecule has 3 aromatic carbocycles. The molecule has 0 saturated carbocycles. The first-order chi connectivity index (χ1) is 15.1. The van der Waals surface area contributed by atoms with Crippen LogP contribution in [0.1, 0.15) is 23.1 Å². The van der Waals surface area contributed by atoms with Crippen molar-refractivity contribution in [1.29, 1.82) is 0 Å². The van der Waals surface area contributed by atoms with Gasteiger partial charge >= 0.3 is 0 Å². The first kappa shape index (κ1) is 22.2. The first-order valence-corrected chi connectivity index (χ1v) is 10.0. The highest BCUT2D eigenvalue weighted by Crippen LogP contribution is 2.28. The molecule has 0 heterocycles. The molecule has 0 radical (unpaired) electrons. The van der Waals surface area contributed by atoms with Crippen molar-refractivity contribution in [2.24, 2.45) is 0 Å². The van der Waals surface area contributed by atoms with Crippen molar-refractivity contribution in [3.05, 3.63) is 89.2 Å². The van der Waals surface area contributed by atoms with Crippen LogP contribution < -0.4 is 19.5 Å². The van der Waals surface area contributed by atoms with Crippen molar-refractivity contribution in [3.8, 4) is 17.2 Å². The molecule has 6 heteroatoms. The van der Waals surface area contributed by atoms with Crippen LogP contribution in [-0.4, -0.2) is 20.1 Å². The number of halogens is 1. The summed E-state index contributed by atoms with van der Waals surface area (Å²) in [7, 11) is 3.18. The van der Waals surface area contributed by atoms with Crippen LogP contribution in [0.3, 0.4) is 0 Å². The minimum atomic E-state index is -0.265. The van der Waals surface area contributed by atoms with E-state index in [2.05, 4.69) is 5.32 Å². The molecule has 1 amide bonds. The predicted octanol–water partition coefficient (Wildman–Crippen LogP) is 4.67. The summed E-state index contributed by atoms with van der Waals surface area (Å²) in [6.07, 6.45) is 0.997. The summed E-state index contributed by atoms with van der Waals surface area (Å²) in [6, 6.07) is 19.4. The lowest BCUT2D eigenvalue weighted by molar-refractivity contribution is -0.121. The number of carbonyl (C=O) groups excluding carboxylic acids is 1. The second-order valence-electron chi connectivity index (χ2n) is 7.03. The highest BCUT2D eigenvalue weighted by atomic mass is 19.1. The lowest BCUT2D eigenvalue weighted by Crippen LogP contribution is -2.22. The number of rotatable bonds is 10. The van der Waals surface area contributed by atoms with Crippen molar-refractivity contribution in [1.82, 2.24) is 5.32 Å². The molecule has 0 aliphatic heterocycles. The zero-order valence-corrected chi connectivity index (χ0v) is 17.7. The summed E-state index contributed by atoms with van der Waals surface area (Å²) in [5.41, 5.74) is 2.89. The number of nitrogens with one attached hydrogen (secondary N) is 1. The van der Waals surface area contributed by atoms with Gasteiger partial charge < -0.3 is 19.5 Å². The van der Waals surface area contributed by atoms with Gasteiger partial charge in [-0.05, 0) is 59.5 Å². The number of hydrogen-bond acceptors (Lipinski definition) is 4. The molecule has 0 fully saturated rings. The smallest absolute Gasteiger partial charge is 0.220 e. The molecule has 3 rings (SSSR count). The molecule has 0 aliphatic rings. The Labute approximate surface area is 181 Å².